The van der Waals surface area contributed by atoms with Crippen LogP contribution in [0, 0.1) is 0 Å². The van der Waals surface area contributed by atoms with Crippen LogP contribution >= 0.6 is 15.9 Å². The molecule has 3 unspecified atom stereocenters. The van der Waals surface area contributed by atoms with Crippen molar-refractivity contribution in [2.75, 3.05) is 12.4 Å². The van der Waals surface area contributed by atoms with Gasteiger partial charge in [-0.15, -0.1) is 0 Å². The van der Waals surface area contributed by atoms with E-state index in [9.17, 15) is 4.21 Å². The third kappa shape index (κ3) is 3.65. The van der Waals surface area contributed by atoms with Crippen LogP contribution in [0.1, 0.15) is 25.3 Å². The number of rotatable bonds is 5. The van der Waals surface area contributed by atoms with Crippen molar-refractivity contribution in [3.63, 3.8) is 0 Å². The third-order valence-electron chi connectivity index (χ3n) is 3.39. The number of aryl methyl sites for hydroxylation is 1. The van der Waals surface area contributed by atoms with Gasteiger partial charge >= 0.3 is 0 Å². The normalized spacial score (nSPS) is 25.2. The quantitative estimate of drug-likeness (QED) is 0.827. The van der Waals surface area contributed by atoms with E-state index in [0.717, 1.165) is 36.1 Å². The van der Waals surface area contributed by atoms with Crippen LogP contribution in [0.3, 0.4) is 0 Å². The number of halogens is 1. The minimum Gasteiger partial charge on any atom is -0.377 e. The molecule has 2 rings (SSSR count). The molecule has 0 bridgehead atoms. The molecule has 3 atom stereocenters. The van der Waals surface area contributed by atoms with Crippen molar-refractivity contribution in [3.8, 4) is 0 Å². The molecule has 1 saturated heterocycles. The van der Waals surface area contributed by atoms with E-state index in [1.54, 1.807) is 0 Å². The molecule has 0 spiro atoms. The number of hydrogen-bond acceptors (Lipinski definition) is 2. The van der Waals surface area contributed by atoms with Crippen molar-refractivity contribution in [1.29, 1.82) is 0 Å². The lowest BCUT2D eigenvalue weighted by Crippen LogP contribution is -2.25. The Labute approximate surface area is 120 Å². The molecule has 0 radical (unpaired) electrons. The van der Waals surface area contributed by atoms with E-state index in [0.29, 0.717) is 0 Å². The summed E-state index contributed by atoms with van der Waals surface area (Å²) in [6.45, 7) is 2.80. The summed E-state index contributed by atoms with van der Waals surface area (Å²) in [7, 11) is -0.746. The SMILES string of the molecule is CC1OCCC1S(=O)CCCc1ccccc1Br. The Morgan fingerprint density at radius 2 is 2.22 bits per heavy atom. The molecular weight excluding hydrogens is 312 g/mol. The number of hydrogen-bond donors (Lipinski definition) is 0. The summed E-state index contributed by atoms with van der Waals surface area (Å²) in [4.78, 5) is 0. The van der Waals surface area contributed by atoms with Crippen LogP contribution in [-0.4, -0.2) is 27.9 Å². The Bertz CT molecular complexity index is 422. The average Bonchev–Trinajstić information content (AvgIpc) is 2.78. The lowest BCUT2D eigenvalue weighted by Gasteiger charge is -2.13. The predicted octanol–water partition coefficient (Wildman–Crippen LogP) is 3.31. The fourth-order valence-electron chi connectivity index (χ4n) is 2.31. The van der Waals surface area contributed by atoms with Crippen molar-refractivity contribution < 1.29 is 8.95 Å². The summed E-state index contributed by atoms with van der Waals surface area (Å²) in [5, 5.41) is 0.240. The van der Waals surface area contributed by atoms with Crippen LogP contribution in [0.15, 0.2) is 28.7 Å². The summed E-state index contributed by atoms with van der Waals surface area (Å²) < 4.78 is 18.8. The highest BCUT2D eigenvalue weighted by molar-refractivity contribution is 9.10. The first-order chi connectivity index (χ1) is 8.68. The second-order valence-corrected chi connectivity index (χ2v) is 7.31. The summed E-state index contributed by atoms with van der Waals surface area (Å²) in [6.07, 6.45) is 3.06. The fourth-order valence-corrected chi connectivity index (χ4v) is 4.39. The first-order valence-corrected chi connectivity index (χ1v) is 8.58. The summed E-state index contributed by atoms with van der Waals surface area (Å²) in [5.41, 5.74) is 1.30. The highest BCUT2D eigenvalue weighted by atomic mass is 79.9. The molecule has 1 aliphatic rings. The van der Waals surface area contributed by atoms with Gasteiger partial charge in [0.05, 0.1) is 11.4 Å². The Hall–Kier alpha value is -0.190. The van der Waals surface area contributed by atoms with Crippen molar-refractivity contribution in [1.82, 2.24) is 0 Å². The van der Waals surface area contributed by atoms with Crippen LogP contribution in [0.25, 0.3) is 0 Å². The lowest BCUT2D eigenvalue weighted by molar-refractivity contribution is 0.127. The molecule has 0 amide bonds. The zero-order valence-electron chi connectivity index (χ0n) is 10.6. The predicted molar refractivity (Wildman–Crippen MR) is 79.3 cm³/mol. The maximum atomic E-state index is 12.2. The molecular formula is C14H19BrO2S. The third-order valence-corrected chi connectivity index (χ3v) is 6.15. The lowest BCUT2D eigenvalue weighted by atomic mass is 10.1. The minimum absolute atomic E-state index is 0.161. The van der Waals surface area contributed by atoms with E-state index in [4.69, 9.17) is 4.74 Å². The molecule has 2 nitrogen and oxygen atoms in total. The molecule has 100 valence electrons. The van der Waals surface area contributed by atoms with Gasteiger partial charge in [0.2, 0.25) is 0 Å². The highest BCUT2D eigenvalue weighted by Gasteiger charge is 2.28. The van der Waals surface area contributed by atoms with Crippen molar-refractivity contribution in [3.05, 3.63) is 34.3 Å². The highest BCUT2D eigenvalue weighted by Crippen LogP contribution is 2.21. The fraction of sp³-hybridized carbons (Fsp3) is 0.571. The largest absolute Gasteiger partial charge is 0.377 e. The van der Waals surface area contributed by atoms with Gasteiger partial charge in [0.1, 0.15) is 0 Å². The van der Waals surface area contributed by atoms with E-state index in [1.165, 1.54) is 5.56 Å². The Balaban J connectivity index is 1.79. The molecule has 0 saturated carbocycles. The monoisotopic (exact) mass is 330 g/mol. The zero-order valence-corrected chi connectivity index (χ0v) is 13.0. The van der Waals surface area contributed by atoms with Crippen LogP contribution in [0.5, 0.6) is 0 Å². The van der Waals surface area contributed by atoms with Crippen LogP contribution in [-0.2, 0) is 22.0 Å². The van der Waals surface area contributed by atoms with Gasteiger partial charge in [-0.1, -0.05) is 34.1 Å². The standard InChI is InChI=1S/C14H19BrO2S/c1-11-14(8-9-17-11)18(16)10-4-6-12-5-2-3-7-13(12)15/h2-3,5,7,11,14H,4,6,8-10H2,1H3. The molecule has 0 aliphatic carbocycles. The molecule has 1 fully saturated rings. The molecule has 4 heteroatoms. The topological polar surface area (TPSA) is 26.3 Å². The Morgan fingerprint density at radius 1 is 1.44 bits per heavy atom. The zero-order chi connectivity index (χ0) is 13.0. The van der Waals surface area contributed by atoms with Gasteiger partial charge in [-0.3, -0.25) is 4.21 Å². The minimum atomic E-state index is -0.746. The van der Waals surface area contributed by atoms with Gasteiger partial charge in [0, 0.05) is 27.6 Å². The van der Waals surface area contributed by atoms with Crippen LogP contribution < -0.4 is 0 Å². The van der Waals surface area contributed by atoms with Crippen LogP contribution in [0.2, 0.25) is 0 Å². The number of ether oxygens (including phenoxy) is 1. The van der Waals surface area contributed by atoms with Gasteiger partial charge in [-0.05, 0) is 37.8 Å². The Kier molecular flexibility index (Phi) is 5.39. The van der Waals surface area contributed by atoms with E-state index < -0.39 is 10.8 Å². The first kappa shape index (κ1) is 14.2. The summed E-state index contributed by atoms with van der Waals surface area (Å²) in [6, 6.07) is 8.24. The maximum absolute atomic E-state index is 12.2. The Morgan fingerprint density at radius 3 is 2.89 bits per heavy atom. The first-order valence-electron chi connectivity index (χ1n) is 6.40. The summed E-state index contributed by atoms with van der Waals surface area (Å²) >= 11 is 3.54. The van der Waals surface area contributed by atoms with Crippen molar-refractivity contribution in [2.24, 2.45) is 0 Å². The second-order valence-electron chi connectivity index (χ2n) is 4.68. The van der Waals surface area contributed by atoms with Gasteiger partial charge in [-0.25, -0.2) is 0 Å². The number of benzene rings is 1. The van der Waals surface area contributed by atoms with Gasteiger partial charge in [0.25, 0.3) is 0 Å². The molecule has 1 aromatic rings. The molecule has 0 aromatic heterocycles. The maximum Gasteiger partial charge on any atom is 0.0691 e. The molecule has 1 aromatic carbocycles. The molecule has 18 heavy (non-hydrogen) atoms. The van der Waals surface area contributed by atoms with Crippen LogP contribution in [0.4, 0.5) is 0 Å². The smallest absolute Gasteiger partial charge is 0.0691 e. The average molecular weight is 331 g/mol. The van der Waals surface area contributed by atoms with Gasteiger partial charge < -0.3 is 4.74 Å². The molecule has 1 heterocycles. The van der Waals surface area contributed by atoms with E-state index >= 15 is 0 Å². The van der Waals surface area contributed by atoms with Gasteiger partial charge in [0.15, 0.2) is 0 Å². The molecule has 1 aliphatic heterocycles. The van der Waals surface area contributed by atoms with Crippen molar-refractivity contribution in [2.45, 2.75) is 37.5 Å². The van der Waals surface area contributed by atoms with E-state index in [1.807, 2.05) is 19.1 Å². The molecule has 0 N–H and O–H groups in total. The summed E-state index contributed by atoms with van der Waals surface area (Å²) in [5.74, 6) is 0.777. The van der Waals surface area contributed by atoms with E-state index in [-0.39, 0.29) is 11.4 Å². The van der Waals surface area contributed by atoms with Gasteiger partial charge in [-0.2, -0.15) is 0 Å². The second kappa shape index (κ2) is 6.83. The van der Waals surface area contributed by atoms with E-state index in [2.05, 4.69) is 28.1 Å². The van der Waals surface area contributed by atoms with Crippen molar-refractivity contribution >= 4 is 26.7 Å².